The maximum atomic E-state index is 12.0. The zero-order valence-corrected chi connectivity index (χ0v) is 15.1. The van der Waals surface area contributed by atoms with E-state index in [1.807, 2.05) is 0 Å². The van der Waals surface area contributed by atoms with Crippen molar-refractivity contribution < 1.29 is 13.6 Å². The van der Waals surface area contributed by atoms with Crippen LogP contribution in [-0.2, 0) is 13.6 Å². The van der Waals surface area contributed by atoms with Gasteiger partial charge in [-0.2, -0.15) is 0 Å². The van der Waals surface area contributed by atoms with Gasteiger partial charge in [-0.15, -0.1) is 9.05 Å². The van der Waals surface area contributed by atoms with Gasteiger partial charge < -0.3 is 0 Å². The first-order valence-corrected chi connectivity index (χ1v) is 9.29. The molecule has 0 rings (SSSR count). The monoisotopic (exact) mass is 305 g/mol. The van der Waals surface area contributed by atoms with Crippen molar-refractivity contribution in [3.63, 3.8) is 0 Å². The normalized spacial score (nSPS) is 15.7. The molecule has 0 fully saturated rings. The molecule has 0 saturated heterocycles. The number of rotatable bonds is 12. The molecular formula is C16H34O3P+. The van der Waals surface area contributed by atoms with Crippen LogP contribution in [0.25, 0.3) is 0 Å². The summed E-state index contributed by atoms with van der Waals surface area (Å²) in [6.45, 7) is 12.9. The lowest BCUT2D eigenvalue weighted by Gasteiger charge is -2.12. The van der Waals surface area contributed by atoms with Gasteiger partial charge in [0.2, 0.25) is 0 Å². The Balaban J connectivity index is 4.08. The Labute approximate surface area is 126 Å². The molecule has 2 unspecified atom stereocenters. The van der Waals surface area contributed by atoms with Crippen LogP contribution < -0.4 is 0 Å². The average molecular weight is 305 g/mol. The summed E-state index contributed by atoms with van der Waals surface area (Å²) in [5.41, 5.74) is 0. The molecule has 0 bridgehead atoms. The molecule has 0 radical (unpaired) electrons. The minimum absolute atomic E-state index is 0.0589. The van der Waals surface area contributed by atoms with E-state index in [-0.39, 0.29) is 12.2 Å². The smallest absolute Gasteiger partial charge is 0.116 e. The molecule has 120 valence electrons. The summed E-state index contributed by atoms with van der Waals surface area (Å²) in [6, 6.07) is 0. The quantitative estimate of drug-likeness (QED) is 0.408. The van der Waals surface area contributed by atoms with Crippen molar-refractivity contribution in [2.75, 3.05) is 0 Å². The average Bonchev–Trinajstić information content (AvgIpc) is 2.38. The highest BCUT2D eigenvalue weighted by Crippen LogP contribution is 2.33. The Hall–Kier alpha value is 0.0200. The van der Waals surface area contributed by atoms with Crippen molar-refractivity contribution in [3.05, 3.63) is 0 Å². The van der Waals surface area contributed by atoms with Gasteiger partial charge in [-0.1, -0.05) is 41.5 Å². The highest BCUT2D eigenvalue weighted by Gasteiger charge is 2.30. The summed E-state index contributed by atoms with van der Waals surface area (Å²) >= 11 is 0. The highest BCUT2D eigenvalue weighted by atomic mass is 31.1. The van der Waals surface area contributed by atoms with Gasteiger partial charge in [0.1, 0.15) is 12.2 Å². The van der Waals surface area contributed by atoms with Gasteiger partial charge in [-0.3, -0.25) is 0 Å². The largest absolute Gasteiger partial charge is 0.697 e. The van der Waals surface area contributed by atoms with Crippen LogP contribution >= 0.6 is 8.25 Å². The van der Waals surface area contributed by atoms with E-state index in [1.54, 1.807) is 0 Å². The molecule has 0 amide bonds. The molecule has 0 aromatic rings. The second-order valence-corrected chi connectivity index (χ2v) is 7.31. The lowest BCUT2D eigenvalue weighted by atomic mass is 10.0. The van der Waals surface area contributed by atoms with Gasteiger partial charge in [-0.25, -0.2) is 0 Å². The summed E-state index contributed by atoms with van der Waals surface area (Å²) in [6.07, 6.45) is 6.02. The minimum Gasteiger partial charge on any atom is -0.116 e. The van der Waals surface area contributed by atoms with Crippen LogP contribution in [0.4, 0.5) is 0 Å². The van der Waals surface area contributed by atoms with Gasteiger partial charge >= 0.3 is 8.25 Å². The first kappa shape index (κ1) is 20.0. The van der Waals surface area contributed by atoms with Gasteiger partial charge in [0.15, 0.2) is 0 Å². The van der Waals surface area contributed by atoms with E-state index in [2.05, 4.69) is 41.5 Å². The van der Waals surface area contributed by atoms with Crippen LogP contribution in [-0.4, -0.2) is 12.2 Å². The summed E-state index contributed by atoms with van der Waals surface area (Å²) in [4.78, 5) is 0. The van der Waals surface area contributed by atoms with Crippen molar-refractivity contribution in [1.82, 2.24) is 0 Å². The predicted molar refractivity (Wildman–Crippen MR) is 86.1 cm³/mol. The highest BCUT2D eigenvalue weighted by molar-refractivity contribution is 7.33. The van der Waals surface area contributed by atoms with Crippen LogP contribution in [0.1, 0.15) is 80.1 Å². The zero-order chi connectivity index (χ0) is 15.5. The van der Waals surface area contributed by atoms with Gasteiger partial charge in [0.05, 0.1) is 0 Å². The van der Waals surface area contributed by atoms with E-state index in [4.69, 9.17) is 9.05 Å². The van der Waals surface area contributed by atoms with Crippen LogP contribution in [0.2, 0.25) is 0 Å². The molecule has 0 aliphatic carbocycles. The first-order chi connectivity index (χ1) is 9.38. The molecule has 0 heterocycles. The van der Waals surface area contributed by atoms with Crippen LogP contribution in [0.5, 0.6) is 0 Å². The molecule has 0 aliphatic rings. The third-order valence-corrected chi connectivity index (χ3v) is 4.45. The molecule has 3 nitrogen and oxygen atoms in total. The number of hydrogen-bond donors (Lipinski definition) is 0. The van der Waals surface area contributed by atoms with Crippen LogP contribution in [0.15, 0.2) is 0 Å². The Bertz CT molecular complexity index is 230. The number of hydrogen-bond acceptors (Lipinski definition) is 3. The maximum absolute atomic E-state index is 12.0. The van der Waals surface area contributed by atoms with Gasteiger partial charge in [-0.05, 0) is 50.4 Å². The SMILES string of the molecule is CCC(CCC(C)C)O[P+](=O)OC(CC)CCC(C)C. The van der Waals surface area contributed by atoms with Crippen molar-refractivity contribution in [1.29, 1.82) is 0 Å². The second-order valence-electron chi connectivity index (χ2n) is 6.44. The van der Waals surface area contributed by atoms with Gasteiger partial charge in [0.25, 0.3) is 0 Å². The fourth-order valence-corrected chi connectivity index (χ4v) is 3.01. The minimum atomic E-state index is -1.98. The van der Waals surface area contributed by atoms with Crippen LogP contribution in [0.3, 0.4) is 0 Å². The summed E-state index contributed by atoms with van der Waals surface area (Å²) in [5.74, 6) is 1.31. The maximum Gasteiger partial charge on any atom is 0.697 e. The molecule has 0 saturated carbocycles. The van der Waals surface area contributed by atoms with Crippen molar-refractivity contribution in [3.8, 4) is 0 Å². The summed E-state index contributed by atoms with van der Waals surface area (Å²) < 4.78 is 23.1. The van der Waals surface area contributed by atoms with Crippen molar-refractivity contribution in [2.45, 2.75) is 92.3 Å². The second kappa shape index (κ2) is 11.7. The lowest BCUT2D eigenvalue weighted by molar-refractivity contribution is 0.111. The first-order valence-electron chi connectivity index (χ1n) is 8.19. The lowest BCUT2D eigenvalue weighted by Crippen LogP contribution is -2.13. The molecule has 0 aromatic heterocycles. The standard InChI is InChI=1S/C16H34O3P/c1-7-15(11-9-13(3)4)18-20(17)19-16(8-2)12-10-14(5)6/h13-16H,7-12H2,1-6H3/q+1. The molecule has 20 heavy (non-hydrogen) atoms. The van der Waals surface area contributed by atoms with E-state index < -0.39 is 8.25 Å². The fraction of sp³-hybridized carbons (Fsp3) is 1.00. The Morgan fingerprint density at radius 2 is 1.10 bits per heavy atom. The van der Waals surface area contributed by atoms with Gasteiger partial charge in [0, 0.05) is 4.57 Å². The third-order valence-electron chi connectivity index (χ3n) is 3.51. The van der Waals surface area contributed by atoms with Crippen LogP contribution in [0, 0.1) is 11.8 Å². The summed E-state index contributed by atoms with van der Waals surface area (Å²) in [7, 11) is -1.98. The zero-order valence-electron chi connectivity index (χ0n) is 14.2. The predicted octanol–water partition coefficient (Wildman–Crippen LogP) is 6.11. The Morgan fingerprint density at radius 3 is 1.35 bits per heavy atom. The van der Waals surface area contributed by atoms with Crippen molar-refractivity contribution >= 4 is 8.25 Å². The molecular weight excluding hydrogens is 271 g/mol. The van der Waals surface area contributed by atoms with E-state index in [9.17, 15) is 4.57 Å². The Morgan fingerprint density at radius 1 is 0.750 bits per heavy atom. The molecule has 0 spiro atoms. The van der Waals surface area contributed by atoms with E-state index >= 15 is 0 Å². The van der Waals surface area contributed by atoms with E-state index in [1.165, 1.54) is 0 Å². The Kier molecular flexibility index (Phi) is 11.7. The molecule has 0 aliphatic heterocycles. The molecule has 0 N–H and O–H groups in total. The fourth-order valence-electron chi connectivity index (χ4n) is 1.97. The van der Waals surface area contributed by atoms with E-state index in [0.717, 1.165) is 38.5 Å². The molecule has 2 atom stereocenters. The molecule has 4 heteroatoms. The van der Waals surface area contributed by atoms with E-state index in [0.29, 0.717) is 11.8 Å². The van der Waals surface area contributed by atoms with Crippen molar-refractivity contribution in [2.24, 2.45) is 11.8 Å². The third kappa shape index (κ3) is 10.8. The molecule has 0 aromatic carbocycles. The summed E-state index contributed by atoms with van der Waals surface area (Å²) in [5, 5.41) is 0. The topological polar surface area (TPSA) is 35.5 Å².